The summed E-state index contributed by atoms with van der Waals surface area (Å²) in [5.41, 5.74) is 4.28. The Bertz CT molecular complexity index is 393. The van der Waals surface area contributed by atoms with Gasteiger partial charge in [0.25, 0.3) is 0 Å². The highest BCUT2D eigenvalue weighted by Gasteiger charge is 2.28. The van der Waals surface area contributed by atoms with Gasteiger partial charge in [-0.3, -0.25) is 0 Å². The largest absolute Gasteiger partial charge is 0.366 e. The monoisotopic (exact) mass is 291 g/mol. The molecule has 1 nitrogen and oxygen atoms in total. The summed E-state index contributed by atoms with van der Waals surface area (Å²) in [7, 11) is 0. The quantitative estimate of drug-likeness (QED) is 0.516. The van der Waals surface area contributed by atoms with Gasteiger partial charge in [-0.1, -0.05) is 50.6 Å². The van der Waals surface area contributed by atoms with E-state index >= 15 is 0 Å². The number of allylic oxidation sites excluding steroid dienone is 4. The SMILES string of the molecule is C=C(N(C/C=C(\C)CCC=C(C)C)C(C)(C)C)C(C)(C)C. The van der Waals surface area contributed by atoms with E-state index in [1.807, 2.05) is 0 Å². The standard InChI is InChI=1S/C20H37N/c1-16(2)12-11-13-17(3)14-15-21(20(8,9)10)18(4)19(5,6)7/h12,14H,4,11,13,15H2,1-3,5-10H3/b17-14+. The Labute approximate surface area is 133 Å². The predicted octanol–water partition coefficient (Wildman–Crippen LogP) is 6.34. The second-order valence-electron chi connectivity index (χ2n) is 8.35. The van der Waals surface area contributed by atoms with Gasteiger partial charge in [-0.25, -0.2) is 0 Å². The number of hydrogen-bond acceptors (Lipinski definition) is 1. The van der Waals surface area contributed by atoms with Crippen LogP contribution in [0.5, 0.6) is 0 Å². The van der Waals surface area contributed by atoms with Crippen LogP contribution >= 0.6 is 0 Å². The van der Waals surface area contributed by atoms with Crippen molar-refractivity contribution in [2.45, 2.75) is 80.7 Å². The molecule has 0 bridgehead atoms. The fourth-order valence-corrected chi connectivity index (χ4v) is 2.13. The summed E-state index contributed by atoms with van der Waals surface area (Å²) >= 11 is 0. The Balaban J connectivity index is 4.86. The molecule has 0 rings (SSSR count). The molecule has 0 aromatic rings. The van der Waals surface area contributed by atoms with E-state index in [1.165, 1.54) is 16.8 Å². The van der Waals surface area contributed by atoms with Crippen molar-refractivity contribution in [3.05, 3.63) is 35.6 Å². The van der Waals surface area contributed by atoms with Crippen molar-refractivity contribution < 1.29 is 0 Å². The summed E-state index contributed by atoms with van der Waals surface area (Å²) in [5, 5.41) is 0. The topological polar surface area (TPSA) is 3.24 Å². The lowest BCUT2D eigenvalue weighted by atomic mass is 9.89. The van der Waals surface area contributed by atoms with Crippen molar-refractivity contribution in [2.24, 2.45) is 5.41 Å². The Morgan fingerprint density at radius 3 is 1.86 bits per heavy atom. The summed E-state index contributed by atoms with van der Waals surface area (Å²) < 4.78 is 0. The second-order valence-corrected chi connectivity index (χ2v) is 8.35. The lowest BCUT2D eigenvalue weighted by Gasteiger charge is -2.43. The molecule has 0 heterocycles. The molecule has 0 aromatic heterocycles. The van der Waals surface area contributed by atoms with Gasteiger partial charge in [-0.05, 0) is 54.4 Å². The molecule has 0 aliphatic heterocycles. The average Bonchev–Trinajstić information content (AvgIpc) is 2.25. The second kappa shape index (κ2) is 7.87. The molecule has 0 aliphatic carbocycles. The zero-order valence-corrected chi connectivity index (χ0v) is 15.9. The zero-order valence-electron chi connectivity index (χ0n) is 15.9. The predicted molar refractivity (Wildman–Crippen MR) is 97.5 cm³/mol. The van der Waals surface area contributed by atoms with Crippen LogP contribution in [0.2, 0.25) is 0 Å². The fourth-order valence-electron chi connectivity index (χ4n) is 2.13. The Morgan fingerprint density at radius 1 is 0.952 bits per heavy atom. The third kappa shape index (κ3) is 8.14. The van der Waals surface area contributed by atoms with Crippen LogP contribution in [0.3, 0.4) is 0 Å². The number of hydrogen-bond donors (Lipinski definition) is 0. The maximum atomic E-state index is 4.34. The van der Waals surface area contributed by atoms with Crippen molar-refractivity contribution in [3.8, 4) is 0 Å². The number of nitrogens with zero attached hydrogens (tertiary/aromatic N) is 1. The molecule has 0 fully saturated rings. The van der Waals surface area contributed by atoms with Crippen LogP contribution in [0.15, 0.2) is 35.6 Å². The first kappa shape index (κ1) is 20.0. The molecule has 21 heavy (non-hydrogen) atoms. The molecule has 0 atom stereocenters. The van der Waals surface area contributed by atoms with Crippen LogP contribution in [-0.2, 0) is 0 Å². The van der Waals surface area contributed by atoms with Gasteiger partial charge in [0.05, 0.1) is 0 Å². The van der Waals surface area contributed by atoms with Crippen molar-refractivity contribution in [1.29, 1.82) is 0 Å². The van der Waals surface area contributed by atoms with Crippen LogP contribution in [0.25, 0.3) is 0 Å². The van der Waals surface area contributed by atoms with Gasteiger partial charge >= 0.3 is 0 Å². The molecule has 0 unspecified atom stereocenters. The van der Waals surface area contributed by atoms with Gasteiger partial charge in [0, 0.05) is 23.2 Å². The molecule has 0 radical (unpaired) electrons. The van der Waals surface area contributed by atoms with E-state index in [1.54, 1.807) is 0 Å². The highest BCUT2D eigenvalue weighted by molar-refractivity contribution is 5.12. The summed E-state index contributed by atoms with van der Waals surface area (Å²) in [6, 6.07) is 0. The summed E-state index contributed by atoms with van der Waals surface area (Å²) in [6.07, 6.45) is 6.96. The van der Waals surface area contributed by atoms with Gasteiger partial charge in [-0.2, -0.15) is 0 Å². The zero-order chi connectivity index (χ0) is 16.8. The highest BCUT2D eigenvalue weighted by atomic mass is 15.2. The lowest BCUT2D eigenvalue weighted by molar-refractivity contribution is 0.165. The van der Waals surface area contributed by atoms with Crippen molar-refractivity contribution in [2.75, 3.05) is 6.54 Å². The highest BCUT2D eigenvalue weighted by Crippen LogP contribution is 2.31. The van der Waals surface area contributed by atoms with Gasteiger partial charge in [0.2, 0.25) is 0 Å². The van der Waals surface area contributed by atoms with E-state index in [2.05, 4.69) is 85.9 Å². The maximum absolute atomic E-state index is 4.34. The van der Waals surface area contributed by atoms with Gasteiger partial charge in [-0.15, -0.1) is 0 Å². The first-order chi connectivity index (χ1) is 9.35. The molecule has 0 saturated carbocycles. The summed E-state index contributed by atoms with van der Waals surface area (Å²) in [6.45, 7) is 25.3. The lowest BCUT2D eigenvalue weighted by Crippen LogP contribution is -2.43. The molecule has 1 heteroatoms. The molecule has 0 spiro atoms. The minimum Gasteiger partial charge on any atom is -0.366 e. The minimum absolute atomic E-state index is 0.0983. The van der Waals surface area contributed by atoms with Crippen LogP contribution in [0.4, 0.5) is 0 Å². The third-order valence-electron chi connectivity index (χ3n) is 3.71. The molecular weight excluding hydrogens is 254 g/mol. The summed E-state index contributed by atoms with van der Waals surface area (Å²) in [4.78, 5) is 2.43. The molecular formula is C20H37N. The van der Waals surface area contributed by atoms with E-state index < -0.39 is 0 Å². The number of rotatable bonds is 6. The van der Waals surface area contributed by atoms with Crippen molar-refractivity contribution >= 4 is 0 Å². The van der Waals surface area contributed by atoms with Gasteiger partial charge < -0.3 is 4.90 Å². The van der Waals surface area contributed by atoms with Crippen molar-refractivity contribution in [1.82, 2.24) is 4.90 Å². The normalized spacial score (nSPS) is 13.1. The first-order valence-corrected chi connectivity index (χ1v) is 8.11. The van der Waals surface area contributed by atoms with E-state index in [9.17, 15) is 0 Å². The molecule has 122 valence electrons. The van der Waals surface area contributed by atoms with E-state index in [-0.39, 0.29) is 11.0 Å². The van der Waals surface area contributed by atoms with Crippen LogP contribution in [-0.4, -0.2) is 17.0 Å². The minimum atomic E-state index is 0.0983. The van der Waals surface area contributed by atoms with Gasteiger partial charge in [0.1, 0.15) is 0 Å². The molecule has 0 aliphatic rings. The van der Waals surface area contributed by atoms with E-state index in [0.29, 0.717) is 0 Å². The van der Waals surface area contributed by atoms with Crippen LogP contribution in [0, 0.1) is 5.41 Å². The van der Waals surface area contributed by atoms with Crippen LogP contribution in [0.1, 0.15) is 75.2 Å². The van der Waals surface area contributed by atoms with E-state index in [0.717, 1.165) is 19.4 Å². The fraction of sp³-hybridized carbons (Fsp3) is 0.700. The van der Waals surface area contributed by atoms with Gasteiger partial charge in [0.15, 0.2) is 0 Å². The maximum Gasteiger partial charge on any atom is 0.0364 e. The van der Waals surface area contributed by atoms with E-state index in [4.69, 9.17) is 0 Å². The average molecular weight is 292 g/mol. The first-order valence-electron chi connectivity index (χ1n) is 8.11. The molecule has 0 N–H and O–H groups in total. The summed E-state index contributed by atoms with van der Waals surface area (Å²) in [5.74, 6) is 0. The molecule has 0 saturated heterocycles. The third-order valence-corrected chi connectivity index (χ3v) is 3.71. The molecule has 0 aromatic carbocycles. The smallest absolute Gasteiger partial charge is 0.0364 e. The Morgan fingerprint density at radius 2 is 1.48 bits per heavy atom. The molecule has 0 amide bonds. The van der Waals surface area contributed by atoms with Crippen molar-refractivity contribution in [3.63, 3.8) is 0 Å². The van der Waals surface area contributed by atoms with Crippen LogP contribution < -0.4 is 0 Å². The Kier molecular flexibility index (Phi) is 7.50. The Hall–Kier alpha value is -0.980.